The van der Waals surface area contributed by atoms with Crippen LogP contribution in [0.15, 0.2) is 67.5 Å². The number of aromatic amines is 1. The maximum atomic E-state index is 11.7. The molecule has 32 heavy (non-hydrogen) atoms. The standard InChI is InChI=1S/C23H19Cl2N5O2/c1-3-21(31)27-19-6-4-5-7-20(19)28-23-15-10-14(8-9-18(15)29-30-23)32-13(2)22-16(24)11-26-12-17(22)25/h3-13H,1H2,2H3,(H,27,31)(H2,28,29,30)/t13-/m1/s1. The van der Waals surface area contributed by atoms with Gasteiger partial charge in [0.05, 0.1) is 26.9 Å². The third kappa shape index (κ3) is 4.54. The number of amides is 1. The van der Waals surface area contributed by atoms with Crippen molar-refractivity contribution in [1.29, 1.82) is 0 Å². The lowest BCUT2D eigenvalue weighted by atomic mass is 10.1. The van der Waals surface area contributed by atoms with Crippen molar-refractivity contribution in [2.75, 3.05) is 10.6 Å². The Morgan fingerprint density at radius 3 is 2.59 bits per heavy atom. The summed E-state index contributed by atoms with van der Waals surface area (Å²) in [5.74, 6) is 0.897. The highest BCUT2D eigenvalue weighted by Gasteiger charge is 2.17. The number of hydrogen-bond donors (Lipinski definition) is 3. The van der Waals surface area contributed by atoms with Gasteiger partial charge in [-0.1, -0.05) is 41.9 Å². The van der Waals surface area contributed by atoms with Crippen LogP contribution in [-0.4, -0.2) is 21.1 Å². The molecule has 0 saturated carbocycles. The number of aromatic nitrogens is 3. The Kier molecular flexibility index (Phi) is 6.30. The number of fused-ring (bicyclic) bond motifs is 1. The molecule has 9 heteroatoms. The fourth-order valence-corrected chi connectivity index (χ4v) is 3.92. The Morgan fingerprint density at radius 2 is 1.88 bits per heavy atom. The van der Waals surface area contributed by atoms with E-state index >= 15 is 0 Å². The van der Waals surface area contributed by atoms with Crippen LogP contribution < -0.4 is 15.4 Å². The number of para-hydroxylation sites is 2. The molecule has 4 rings (SSSR count). The molecule has 2 aromatic heterocycles. The molecule has 1 amide bonds. The average molecular weight is 468 g/mol. The van der Waals surface area contributed by atoms with Gasteiger partial charge in [0.15, 0.2) is 5.82 Å². The van der Waals surface area contributed by atoms with E-state index in [0.29, 0.717) is 38.6 Å². The summed E-state index contributed by atoms with van der Waals surface area (Å²) in [5.41, 5.74) is 2.78. The molecule has 0 saturated heterocycles. The second-order valence-electron chi connectivity index (χ2n) is 6.92. The predicted molar refractivity (Wildman–Crippen MR) is 128 cm³/mol. The molecule has 0 bridgehead atoms. The number of nitrogens with zero attached hydrogens (tertiary/aromatic N) is 2. The van der Waals surface area contributed by atoms with Crippen LogP contribution in [0, 0.1) is 0 Å². The first-order valence-electron chi connectivity index (χ1n) is 9.69. The SMILES string of the molecule is C=CC(=O)Nc1ccccc1Nc1n[nH]c2ccc(O[C@H](C)c3c(Cl)cncc3Cl)cc12. The molecule has 3 N–H and O–H groups in total. The summed E-state index contributed by atoms with van der Waals surface area (Å²) in [6.07, 6.45) is 3.89. The van der Waals surface area contributed by atoms with Gasteiger partial charge in [-0.15, -0.1) is 0 Å². The zero-order valence-corrected chi connectivity index (χ0v) is 18.5. The highest BCUT2D eigenvalue weighted by atomic mass is 35.5. The number of ether oxygens (including phenoxy) is 1. The average Bonchev–Trinajstić information content (AvgIpc) is 3.17. The van der Waals surface area contributed by atoms with Crippen LogP contribution >= 0.6 is 23.2 Å². The number of carbonyl (C=O) groups is 1. The molecule has 4 aromatic rings. The van der Waals surface area contributed by atoms with Crippen molar-refractivity contribution in [2.45, 2.75) is 13.0 Å². The number of carbonyl (C=O) groups excluding carboxylic acids is 1. The van der Waals surface area contributed by atoms with Crippen LogP contribution in [0.5, 0.6) is 5.75 Å². The fraction of sp³-hybridized carbons (Fsp3) is 0.0870. The summed E-state index contributed by atoms with van der Waals surface area (Å²) in [5, 5.41) is 15.1. The smallest absolute Gasteiger partial charge is 0.247 e. The van der Waals surface area contributed by atoms with E-state index in [2.05, 4.69) is 32.4 Å². The molecular weight excluding hydrogens is 449 g/mol. The third-order valence-electron chi connectivity index (χ3n) is 4.77. The molecule has 7 nitrogen and oxygen atoms in total. The van der Waals surface area contributed by atoms with Crippen molar-refractivity contribution in [3.63, 3.8) is 0 Å². The van der Waals surface area contributed by atoms with Gasteiger partial charge < -0.3 is 15.4 Å². The van der Waals surface area contributed by atoms with E-state index in [1.54, 1.807) is 6.07 Å². The van der Waals surface area contributed by atoms with Crippen LogP contribution in [0.3, 0.4) is 0 Å². The number of halogens is 2. The van der Waals surface area contributed by atoms with Crippen LogP contribution in [0.2, 0.25) is 10.0 Å². The molecule has 0 spiro atoms. The molecule has 0 aliphatic carbocycles. The predicted octanol–water partition coefficient (Wildman–Crippen LogP) is 6.27. The van der Waals surface area contributed by atoms with Crippen molar-refractivity contribution in [3.8, 4) is 5.75 Å². The van der Waals surface area contributed by atoms with Gasteiger partial charge in [0.25, 0.3) is 0 Å². The Morgan fingerprint density at radius 1 is 1.16 bits per heavy atom. The van der Waals surface area contributed by atoms with Crippen LogP contribution in [0.25, 0.3) is 10.9 Å². The number of hydrogen-bond acceptors (Lipinski definition) is 5. The van der Waals surface area contributed by atoms with Gasteiger partial charge >= 0.3 is 0 Å². The molecule has 0 aliphatic rings. The van der Waals surface area contributed by atoms with E-state index in [4.69, 9.17) is 27.9 Å². The van der Waals surface area contributed by atoms with Gasteiger partial charge in [-0.2, -0.15) is 5.10 Å². The minimum absolute atomic E-state index is 0.302. The lowest BCUT2D eigenvalue weighted by molar-refractivity contribution is -0.111. The molecule has 0 fully saturated rings. The number of benzene rings is 2. The van der Waals surface area contributed by atoms with E-state index in [1.165, 1.54) is 18.5 Å². The Balaban J connectivity index is 1.62. The van der Waals surface area contributed by atoms with Gasteiger partial charge in [0.1, 0.15) is 11.9 Å². The summed E-state index contributed by atoms with van der Waals surface area (Å²) >= 11 is 12.5. The summed E-state index contributed by atoms with van der Waals surface area (Å²) in [6.45, 7) is 5.35. The highest BCUT2D eigenvalue weighted by Crippen LogP contribution is 2.35. The number of rotatable bonds is 7. The van der Waals surface area contributed by atoms with E-state index < -0.39 is 6.10 Å². The van der Waals surface area contributed by atoms with Gasteiger partial charge in [0.2, 0.25) is 5.91 Å². The van der Waals surface area contributed by atoms with Crippen molar-refractivity contribution in [3.05, 3.63) is 83.1 Å². The molecule has 1 atom stereocenters. The van der Waals surface area contributed by atoms with Crippen molar-refractivity contribution >= 4 is 57.2 Å². The summed E-state index contributed by atoms with van der Waals surface area (Å²) < 4.78 is 6.10. The molecule has 0 unspecified atom stereocenters. The minimum atomic E-state index is -0.395. The second-order valence-corrected chi connectivity index (χ2v) is 7.73. The van der Waals surface area contributed by atoms with Gasteiger partial charge in [-0.25, -0.2) is 0 Å². The Hall–Kier alpha value is -3.55. The zero-order valence-electron chi connectivity index (χ0n) is 17.0. The number of anilines is 3. The number of nitrogens with one attached hydrogen (secondary N) is 3. The molecule has 0 aliphatic heterocycles. The number of H-pyrrole nitrogens is 1. The lowest BCUT2D eigenvalue weighted by Crippen LogP contribution is -2.09. The molecule has 162 valence electrons. The Bertz CT molecular complexity index is 1280. The molecule has 0 radical (unpaired) electrons. The molecular formula is C23H19Cl2N5O2. The minimum Gasteiger partial charge on any atom is -0.486 e. The maximum Gasteiger partial charge on any atom is 0.247 e. The quantitative estimate of drug-likeness (QED) is 0.278. The fourth-order valence-electron chi connectivity index (χ4n) is 3.25. The van der Waals surface area contributed by atoms with Crippen molar-refractivity contribution in [2.24, 2.45) is 0 Å². The summed E-state index contributed by atoms with van der Waals surface area (Å²) in [4.78, 5) is 15.7. The Labute approximate surface area is 194 Å². The summed E-state index contributed by atoms with van der Waals surface area (Å²) in [7, 11) is 0. The molecule has 2 aromatic carbocycles. The largest absolute Gasteiger partial charge is 0.486 e. The zero-order chi connectivity index (χ0) is 22.7. The first-order chi connectivity index (χ1) is 15.5. The van der Waals surface area contributed by atoms with E-state index in [0.717, 1.165) is 10.9 Å². The summed E-state index contributed by atoms with van der Waals surface area (Å²) in [6, 6.07) is 12.9. The van der Waals surface area contributed by atoms with Crippen LogP contribution in [0.4, 0.5) is 17.2 Å². The van der Waals surface area contributed by atoms with Crippen molar-refractivity contribution in [1.82, 2.24) is 15.2 Å². The second kappa shape index (κ2) is 9.30. The highest BCUT2D eigenvalue weighted by molar-refractivity contribution is 6.35. The topological polar surface area (TPSA) is 91.9 Å². The normalized spacial score (nSPS) is 11.7. The van der Waals surface area contributed by atoms with E-state index in [9.17, 15) is 4.79 Å². The van der Waals surface area contributed by atoms with E-state index in [1.807, 2.05) is 43.3 Å². The van der Waals surface area contributed by atoms with Crippen LogP contribution in [-0.2, 0) is 4.79 Å². The third-order valence-corrected chi connectivity index (χ3v) is 5.37. The van der Waals surface area contributed by atoms with Gasteiger partial charge in [-0.3, -0.25) is 14.9 Å². The van der Waals surface area contributed by atoms with Gasteiger partial charge in [0, 0.05) is 23.3 Å². The first-order valence-corrected chi connectivity index (χ1v) is 10.4. The maximum absolute atomic E-state index is 11.7. The van der Waals surface area contributed by atoms with Crippen LogP contribution in [0.1, 0.15) is 18.6 Å². The lowest BCUT2D eigenvalue weighted by Gasteiger charge is -2.17. The first kappa shape index (κ1) is 21.7. The van der Waals surface area contributed by atoms with E-state index in [-0.39, 0.29) is 5.91 Å². The number of pyridine rings is 1. The monoisotopic (exact) mass is 467 g/mol. The van der Waals surface area contributed by atoms with Crippen molar-refractivity contribution < 1.29 is 9.53 Å². The molecule has 2 heterocycles. The van der Waals surface area contributed by atoms with Gasteiger partial charge in [-0.05, 0) is 43.3 Å².